The first-order valence-corrected chi connectivity index (χ1v) is 5.97. The third-order valence-electron chi connectivity index (χ3n) is 2.82. The highest BCUT2D eigenvalue weighted by molar-refractivity contribution is 5.76. The Labute approximate surface area is 106 Å². The molecule has 1 saturated heterocycles. The van der Waals surface area contributed by atoms with Gasteiger partial charge in [-0.05, 0) is 12.5 Å². The molecule has 5 heteroatoms. The van der Waals surface area contributed by atoms with E-state index in [2.05, 4.69) is 10.8 Å². The maximum atomic E-state index is 11.4. The number of carbonyl (C=O) groups excluding carboxylic acids is 1. The van der Waals surface area contributed by atoms with Gasteiger partial charge >= 0.3 is 0 Å². The van der Waals surface area contributed by atoms with E-state index in [-0.39, 0.29) is 18.1 Å². The molecule has 1 fully saturated rings. The Morgan fingerprint density at radius 1 is 1.39 bits per heavy atom. The van der Waals surface area contributed by atoms with Crippen LogP contribution in [0.15, 0.2) is 30.3 Å². The number of hydrogen-bond acceptors (Lipinski definition) is 4. The van der Waals surface area contributed by atoms with E-state index in [4.69, 9.17) is 9.57 Å². The molecule has 1 aromatic rings. The summed E-state index contributed by atoms with van der Waals surface area (Å²) < 4.78 is 5.48. The van der Waals surface area contributed by atoms with Crippen LogP contribution in [0.2, 0.25) is 0 Å². The molecule has 0 bridgehead atoms. The quantitative estimate of drug-likeness (QED) is 0.726. The Kier molecular flexibility index (Phi) is 4.30. The Balaban J connectivity index is 1.60. The first kappa shape index (κ1) is 13.0. The summed E-state index contributed by atoms with van der Waals surface area (Å²) in [5, 5.41) is 3.10. The zero-order valence-corrected chi connectivity index (χ0v) is 10.4. The lowest BCUT2D eigenvalue weighted by atomic mass is 10.0. The van der Waals surface area contributed by atoms with Crippen LogP contribution in [0.5, 0.6) is 0 Å². The van der Waals surface area contributed by atoms with Gasteiger partial charge in [-0.15, -0.1) is 0 Å². The van der Waals surface area contributed by atoms with Crippen LogP contribution in [0.1, 0.15) is 12.5 Å². The van der Waals surface area contributed by atoms with Crippen LogP contribution < -0.4 is 10.8 Å². The average Bonchev–Trinajstić information content (AvgIpc) is 2.35. The Bertz CT molecular complexity index is 390. The molecule has 1 aliphatic rings. The van der Waals surface area contributed by atoms with E-state index < -0.39 is 0 Å². The van der Waals surface area contributed by atoms with Crippen LogP contribution in [0.3, 0.4) is 0 Å². The van der Waals surface area contributed by atoms with Gasteiger partial charge in [-0.3, -0.25) is 9.63 Å². The molecule has 98 valence electrons. The fraction of sp³-hybridized carbons (Fsp3) is 0.462. The number of nitrogens with one attached hydrogen (secondary N) is 2. The third-order valence-corrected chi connectivity index (χ3v) is 2.82. The van der Waals surface area contributed by atoms with Crippen molar-refractivity contribution in [3.05, 3.63) is 35.9 Å². The van der Waals surface area contributed by atoms with Gasteiger partial charge in [0.25, 0.3) is 5.91 Å². The van der Waals surface area contributed by atoms with Gasteiger partial charge in [0.15, 0.2) is 0 Å². The summed E-state index contributed by atoms with van der Waals surface area (Å²) in [4.78, 5) is 16.5. The molecule has 1 amide bonds. The van der Waals surface area contributed by atoms with Gasteiger partial charge in [0, 0.05) is 13.1 Å². The van der Waals surface area contributed by atoms with E-state index in [0.717, 1.165) is 18.7 Å². The SMILES string of the molecule is CC1(OCC(=O)NOCc2ccccc2)CNC1. The molecule has 18 heavy (non-hydrogen) atoms. The molecule has 2 rings (SSSR count). The van der Waals surface area contributed by atoms with Crippen LogP contribution in [-0.2, 0) is 21.0 Å². The van der Waals surface area contributed by atoms with Crippen LogP contribution in [0, 0.1) is 0 Å². The van der Waals surface area contributed by atoms with Crippen molar-refractivity contribution < 1.29 is 14.4 Å². The van der Waals surface area contributed by atoms with E-state index in [1.165, 1.54) is 0 Å². The number of hydroxylamine groups is 1. The molecule has 0 radical (unpaired) electrons. The highest BCUT2D eigenvalue weighted by Crippen LogP contribution is 2.14. The molecule has 1 heterocycles. The Hall–Kier alpha value is -1.43. The van der Waals surface area contributed by atoms with Crippen molar-refractivity contribution in [2.24, 2.45) is 0 Å². The fourth-order valence-electron chi connectivity index (χ4n) is 1.62. The molecule has 0 saturated carbocycles. The van der Waals surface area contributed by atoms with Crippen molar-refractivity contribution in [3.8, 4) is 0 Å². The molecular formula is C13H18N2O3. The number of ether oxygens (including phenoxy) is 1. The molecule has 2 N–H and O–H groups in total. The summed E-state index contributed by atoms with van der Waals surface area (Å²) in [6.07, 6.45) is 0. The lowest BCUT2D eigenvalue weighted by molar-refractivity contribution is -0.148. The second kappa shape index (κ2) is 5.95. The van der Waals surface area contributed by atoms with Gasteiger partial charge < -0.3 is 10.1 Å². The molecule has 0 atom stereocenters. The lowest BCUT2D eigenvalue weighted by Gasteiger charge is -2.38. The molecule has 0 aliphatic carbocycles. The second-order valence-corrected chi connectivity index (χ2v) is 4.64. The minimum atomic E-state index is -0.265. The molecule has 0 unspecified atom stereocenters. The summed E-state index contributed by atoms with van der Waals surface area (Å²) >= 11 is 0. The van der Waals surface area contributed by atoms with Gasteiger partial charge in [0.1, 0.15) is 6.61 Å². The zero-order valence-electron chi connectivity index (χ0n) is 10.4. The van der Waals surface area contributed by atoms with Gasteiger partial charge in [0.05, 0.1) is 12.2 Å². The Morgan fingerprint density at radius 2 is 2.11 bits per heavy atom. The van der Waals surface area contributed by atoms with Crippen LogP contribution in [0.25, 0.3) is 0 Å². The van der Waals surface area contributed by atoms with Gasteiger partial charge in [-0.2, -0.15) is 0 Å². The zero-order chi connectivity index (χ0) is 12.8. The van der Waals surface area contributed by atoms with E-state index in [0.29, 0.717) is 6.61 Å². The summed E-state index contributed by atoms with van der Waals surface area (Å²) in [6, 6.07) is 9.65. The van der Waals surface area contributed by atoms with Crippen LogP contribution in [0.4, 0.5) is 0 Å². The number of rotatable bonds is 6. The maximum Gasteiger partial charge on any atom is 0.269 e. The first-order chi connectivity index (χ1) is 8.68. The van der Waals surface area contributed by atoms with Gasteiger partial charge in [0.2, 0.25) is 0 Å². The summed E-state index contributed by atoms with van der Waals surface area (Å²) in [7, 11) is 0. The second-order valence-electron chi connectivity index (χ2n) is 4.64. The predicted octanol–water partition coefficient (Wildman–Crippen LogP) is 0.613. The van der Waals surface area contributed by atoms with E-state index in [1.807, 2.05) is 37.3 Å². The maximum absolute atomic E-state index is 11.4. The molecule has 0 aromatic heterocycles. The highest BCUT2D eigenvalue weighted by atomic mass is 16.7. The average molecular weight is 250 g/mol. The van der Waals surface area contributed by atoms with Crippen LogP contribution >= 0.6 is 0 Å². The largest absolute Gasteiger partial charge is 0.363 e. The van der Waals surface area contributed by atoms with E-state index in [1.54, 1.807) is 0 Å². The van der Waals surface area contributed by atoms with Gasteiger partial charge in [-0.25, -0.2) is 5.48 Å². The molecule has 0 spiro atoms. The first-order valence-electron chi connectivity index (χ1n) is 5.97. The summed E-state index contributed by atoms with van der Waals surface area (Å²) in [6.45, 7) is 3.91. The van der Waals surface area contributed by atoms with Crippen molar-refractivity contribution in [1.82, 2.24) is 10.8 Å². The third kappa shape index (κ3) is 3.80. The minimum Gasteiger partial charge on any atom is -0.363 e. The van der Waals surface area contributed by atoms with Crippen molar-refractivity contribution in [1.29, 1.82) is 0 Å². The Morgan fingerprint density at radius 3 is 2.72 bits per heavy atom. The van der Waals surface area contributed by atoms with Crippen molar-refractivity contribution >= 4 is 5.91 Å². The molecule has 1 aromatic carbocycles. The summed E-state index contributed by atoms with van der Waals surface area (Å²) in [5.74, 6) is -0.265. The number of hydrogen-bond donors (Lipinski definition) is 2. The smallest absolute Gasteiger partial charge is 0.269 e. The molecule has 1 aliphatic heterocycles. The van der Waals surface area contributed by atoms with E-state index >= 15 is 0 Å². The molecule has 5 nitrogen and oxygen atoms in total. The number of benzene rings is 1. The minimum absolute atomic E-state index is 0.0208. The summed E-state index contributed by atoms with van der Waals surface area (Å²) in [5.41, 5.74) is 3.16. The van der Waals surface area contributed by atoms with Gasteiger partial charge in [-0.1, -0.05) is 30.3 Å². The highest BCUT2D eigenvalue weighted by Gasteiger charge is 2.32. The van der Waals surface area contributed by atoms with E-state index in [9.17, 15) is 4.79 Å². The monoisotopic (exact) mass is 250 g/mol. The van der Waals surface area contributed by atoms with Crippen molar-refractivity contribution in [2.45, 2.75) is 19.1 Å². The standard InChI is InChI=1S/C13H18N2O3/c1-13(9-14-10-13)17-8-12(16)15-18-7-11-5-3-2-4-6-11/h2-6,14H,7-10H2,1H3,(H,15,16). The topological polar surface area (TPSA) is 59.6 Å². The predicted molar refractivity (Wildman–Crippen MR) is 66.6 cm³/mol. The van der Waals surface area contributed by atoms with Crippen LogP contribution in [-0.4, -0.2) is 31.2 Å². The normalized spacial score (nSPS) is 16.9. The fourth-order valence-corrected chi connectivity index (χ4v) is 1.62. The number of carbonyl (C=O) groups is 1. The lowest BCUT2D eigenvalue weighted by Crippen LogP contribution is -2.59. The number of amides is 1. The molecular weight excluding hydrogens is 232 g/mol. The van der Waals surface area contributed by atoms with Crippen molar-refractivity contribution in [2.75, 3.05) is 19.7 Å². The van der Waals surface area contributed by atoms with Crippen molar-refractivity contribution in [3.63, 3.8) is 0 Å².